The van der Waals surface area contributed by atoms with E-state index in [4.69, 9.17) is 10.2 Å². The number of hydrogen-bond acceptors (Lipinski definition) is 4. The lowest BCUT2D eigenvalue weighted by Gasteiger charge is -2.01. The zero-order valence-corrected chi connectivity index (χ0v) is 8.35. The molecule has 0 aromatic carbocycles. The lowest BCUT2D eigenvalue weighted by atomic mass is 10.1. The van der Waals surface area contributed by atoms with Crippen LogP contribution in [0, 0.1) is 0 Å². The molecule has 72 valence electrons. The van der Waals surface area contributed by atoms with E-state index in [0.717, 1.165) is 18.1 Å². The van der Waals surface area contributed by atoms with E-state index in [1.165, 1.54) is 17.9 Å². The molecule has 1 fully saturated rings. The highest BCUT2D eigenvalue weighted by Crippen LogP contribution is 2.32. The third kappa shape index (κ3) is 2.06. The summed E-state index contributed by atoms with van der Waals surface area (Å²) < 4.78 is 5.60. The Balaban J connectivity index is 2.03. The van der Waals surface area contributed by atoms with E-state index >= 15 is 0 Å². The van der Waals surface area contributed by atoms with E-state index in [1.54, 1.807) is 0 Å². The molecule has 4 heteroatoms. The van der Waals surface area contributed by atoms with Gasteiger partial charge in [0, 0.05) is 24.6 Å². The van der Waals surface area contributed by atoms with Gasteiger partial charge in [-0.2, -0.15) is 11.8 Å². The SMILES string of the molecule is NCCc1ncc(C2CCSC2)o1. The maximum Gasteiger partial charge on any atom is 0.195 e. The molecular weight excluding hydrogens is 184 g/mol. The zero-order valence-electron chi connectivity index (χ0n) is 7.53. The molecule has 1 aromatic rings. The van der Waals surface area contributed by atoms with Crippen molar-refractivity contribution in [2.75, 3.05) is 18.1 Å². The minimum atomic E-state index is 0.587. The first-order chi connectivity index (χ1) is 6.40. The molecule has 2 N–H and O–H groups in total. The molecule has 0 spiro atoms. The summed E-state index contributed by atoms with van der Waals surface area (Å²) in [6, 6.07) is 0. The van der Waals surface area contributed by atoms with Crippen LogP contribution in [0.25, 0.3) is 0 Å². The van der Waals surface area contributed by atoms with Gasteiger partial charge < -0.3 is 10.2 Å². The van der Waals surface area contributed by atoms with Crippen molar-refractivity contribution in [3.05, 3.63) is 17.8 Å². The average molecular weight is 198 g/mol. The standard InChI is InChI=1S/C9H14N2OS/c10-3-1-9-11-5-8(12-9)7-2-4-13-6-7/h5,7H,1-4,6,10H2. The van der Waals surface area contributed by atoms with Gasteiger partial charge in [-0.1, -0.05) is 0 Å². The van der Waals surface area contributed by atoms with Crippen LogP contribution in [0.2, 0.25) is 0 Å². The molecule has 0 bridgehead atoms. The van der Waals surface area contributed by atoms with Crippen molar-refractivity contribution >= 4 is 11.8 Å². The lowest BCUT2D eigenvalue weighted by Crippen LogP contribution is -2.02. The van der Waals surface area contributed by atoms with E-state index in [2.05, 4.69) is 4.98 Å². The molecule has 1 aromatic heterocycles. The Morgan fingerprint density at radius 1 is 1.69 bits per heavy atom. The van der Waals surface area contributed by atoms with Crippen LogP contribution >= 0.6 is 11.8 Å². The van der Waals surface area contributed by atoms with Crippen LogP contribution in [0.4, 0.5) is 0 Å². The number of oxazole rings is 1. The summed E-state index contributed by atoms with van der Waals surface area (Å²) >= 11 is 1.99. The fourth-order valence-corrected chi connectivity index (χ4v) is 2.74. The Hall–Kier alpha value is -0.480. The van der Waals surface area contributed by atoms with Crippen LogP contribution in [0.15, 0.2) is 10.6 Å². The molecule has 0 saturated carbocycles. The third-order valence-electron chi connectivity index (χ3n) is 2.26. The van der Waals surface area contributed by atoms with Gasteiger partial charge in [0.15, 0.2) is 5.89 Å². The van der Waals surface area contributed by atoms with Crippen LogP contribution in [-0.2, 0) is 6.42 Å². The molecule has 1 aliphatic heterocycles. The molecule has 0 radical (unpaired) electrons. The topological polar surface area (TPSA) is 52.0 Å². The normalized spacial score (nSPS) is 22.4. The van der Waals surface area contributed by atoms with Crippen molar-refractivity contribution in [3.63, 3.8) is 0 Å². The monoisotopic (exact) mass is 198 g/mol. The molecule has 1 saturated heterocycles. The first-order valence-corrected chi connectivity index (χ1v) is 5.78. The molecule has 13 heavy (non-hydrogen) atoms. The Kier molecular flexibility index (Phi) is 2.90. The highest BCUT2D eigenvalue weighted by Gasteiger charge is 2.21. The quantitative estimate of drug-likeness (QED) is 0.797. The van der Waals surface area contributed by atoms with Gasteiger partial charge in [0.05, 0.1) is 6.20 Å². The number of hydrogen-bond donors (Lipinski definition) is 1. The molecule has 1 aliphatic rings. The van der Waals surface area contributed by atoms with Crippen molar-refractivity contribution in [3.8, 4) is 0 Å². The summed E-state index contributed by atoms with van der Waals surface area (Å²) in [5.74, 6) is 4.85. The fourth-order valence-electron chi connectivity index (χ4n) is 1.51. The lowest BCUT2D eigenvalue weighted by molar-refractivity contribution is 0.434. The van der Waals surface area contributed by atoms with Crippen LogP contribution < -0.4 is 5.73 Å². The number of thioether (sulfide) groups is 1. The second kappa shape index (κ2) is 4.15. The van der Waals surface area contributed by atoms with Crippen molar-refractivity contribution in [1.29, 1.82) is 0 Å². The summed E-state index contributed by atoms with van der Waals surface area (Å²) in [5.41, 5.74) is 5.42. The zero-order chi connectivity index (χ0) is 9.10. The minimum absolute atomic E-state index is 0.587. The van der Waals surface area contributed by atoms with Crippen molar-refractivity contribution in [2.45, 2.75) is 18.8 Å². The summed E-state index contributed by atoms with van der Waals surface area (Å²) in [5, 5.41) is 0. The maximum atomic E-state index is 5.60. The molecular formula is C9H14N2OS. The predicted octanol–water partition coefficient (Wildman–Crippen LogP) is 1.40. The summed E-state index contributed by atoms with van der Waals surface area (Å²) in [4.78, 5) is 4.19. The second-order valence-corrected chi connectivity index (χ2v) is 4.41. The minimum Gasteiger partial charge on any atom is -0.445 e. The van der Waals surface area contributed by atoms with Gasteiger partial charge in [-0.15, -0.1) is 0 Å². The molecule has 0 amide bonds. The van der Waals surface area contributed by atoms with Crippen LogP contribution in [-0.4, -0.2) is 23.0 Å². The summed E-state index contributed by atoms with van der Waals surface area (Å²) in [6.07, 6.45) is 3.84. The second-order valence-electron chi connectivity index (χ2n) is 3.26. The van der Waals surface area contributed by atoms with Crippen molar-refractivity contribution in [1.82, 2.24) is 4.98 Å². The van der Waals surface area contributed by atoms with Crippen LogP contribution in [0.5, 0.6) is 0 Å². The smallest absolute Gasteiger partial charge is 0.195 e. The largest absolute Gasteiger partial charge is 0.445 e. The predicted molar refractivity (Wildman–Crippen MR) is 53.9 cm³/mol. The fraction of sp³-hybridized carbons (Fsp3) is 0.667. The molecule has 0 aliphatic carbocycles. The van der Waals surface area contributed by atoms with Gasteiger partial charge in [0.1, 0.15) is 5.76 Å². The first kappa shape index (κ1) is 9.09. The number of rotatable bonds is 3. The number of nitrogens with zero attached hydrogens (tertiary/aromatic N) is 1. The average Bonchev–Trinajstić information content (AvgIpc) is 2.70. The maximum absolute atomic E-state index is 5.60. The van der Waals surface area contributed by atoms with Gasteiger partial charge in [-0.05, 0) is 12.2 Å². The van der Waals surface area contributed by atoms with E-state index in [-0.39, 0.29) is 0 Å². The molecule has 2 rings (SSSR count). The van der Waals surface area contributed by atoms with Gasteiger partial charge in [-0.3, -0.25) is 0 Å². The summed E-state index contributed by atoms with van der Waals surface area (Å²) in [6.45, 7) is 0.610. The van der Waals surface area contributed by atoms with E-state index in [9.17, 15) is 0 Å². The number of nitrogens with two attached hydrogens (primary N) is 1. The molecule has 1 atom stereocenters. The highest BCUT2D eigenvalue weighted by molar-refractivity contribution is 7.99. The Labute approximate surface area is 82.1 Å². The van der Waals surface area contributed by atoms with Crippen LogP contribution in [0.3, 0.4) is 0 Å². The van der Waals surface area contributed by atoms with E-state index in [0.29, 0.717) is 12.5 Å². The summed E-state index contributed by atoms with van der Waals surface area (Å²) in [7, 11) is 0. The third-order valence-corrected chi connectivity index (χ3v) is 3.42. The Bertz CT molecular complexity index is 268. The van der Waals surface area contributed by atoms with Gasteiger partial charge in [0.25, 0.3) is 0 Å². The van der Waals surface area contributed by atoms with Crippen LogP contribution in [0.1, 0.15) is 24.0 Å². The highest BCUT2D eigenvalue weighted by atomic mass is 32.2. The van der Waals surface area contributed by atoms with E-state index < -0.39 is 0 Å². The molecule has 1 unspecified atom stereocenters. The van der Waals surface area contributed by atoms with Gasteiger partial charge >= 0.3 is 0 Å². The van der Waals surface area contributed by atoms with Gasteiger partial charge in [-0.25, -0.2) is 4.98 Å². The van der Waals surface area contributed by atoms with Crippen molar-refractivity contribution in [2.24, 2.45) is 5.73 Å². The molecule has 2 heterocycles. The molecule has 3 nitrogen and oxygen atoms in total. The Morgan fingerprint density at radius 2 is 2.62 bits per heavy atom. The van der Waals surface area contributed by atoms with Crippen molar-refractivity contribution < 1.29 is 4.42 Å². The number of aromatic nitrogens is 1. The van der Waals surface area contributed by atoms with E-state index in [1.807, 2.05) is 18.0 Å². The van der Waals surface area contributed by atoms with Gasteiger partial charge in [0.2, 0.25) is 0 Å². The first-order valence-electron chi connectivity index (χ1n) is 4.62. The Morgan fingerprint density at radius 3 is 3.31 bits per heavy atom.